The van der Waals surface area contributed by atoms with Crippen LogP contribution >= 0.6 is 23.2 Å². The molecule has 1 aliphatic rings. The van der Waals surface area contributed by atoms with Gasteiger partial charge < -0.3 is 5.32 Å². The maximum absolute atomic E-state index is 13.6. The number of rotatable bonds is 4. The molecule has 2 atom stereocenters. The molecule has 0 aliphatic heterocycles. The van der Waals surface area contributed by atoms with Gasteiger partial charge in [-0.25, -0.2) is 4.39 Å². The molecule has 0 saturated heterocycles. The van der Waals surface area contributed by atoms with E-state index in [9.17, 15) is 4.39 Å². The van der Waals surface area contributed by atoms with Crippen LogP contribution in [0.25, 0.3) is 0 Å². The first-order chi connectivity index (χ1) is 8.20. The standard InChI is InChI=1S/C13H16Cl2FN/c14-7-9-2-1-3-13(9)17-8-10-4-5-11(15)6-12(10)16/h4-6,9,13,17H,1-3,7-8H2. The van der Waals surface area contributed by atoms with Crippen LogP contribution in [0.1, 0.15) is 24.8 Å². The Balaban J connectivity index is 1.93. The average molecular weight is 276 g/mol. The van der Waals surface area contributed by atoms with E-state index in [1.54, 1.807) is 12.1 Å². The van der Waals surface area contributed by atoms with Gasteiger partial charge in [-0.2, -0.15) is 0 Å². The van der Waals surface area contributed by atoms with Crippen LogP contribution in [0.2, 0.25) is 5.02 Å². The highest BCUT2D eigenvalue weighted by Gasteiger charge is 2.25. The van der Waals surface area contributed by atoms with Crippen molar-refractivity contribution in [1.82, 2.24) is 5.32 Å². The van der Waals surface area contributed by atoms with Crippen LogP contribution in [0.15, 0.2) is 18.2 Å². The minimum atomic E-state index is -0.245. The van der Waals surface area contributed by atoms with Gasteiger partial charge in [0.1, 0.15) is 5.82 Å². The second-order valence-electron chi connectivity index (χ2n) is 4.57. The Bertz CT molecular complexity index is 384. The van der Waals surface area contributed by atoms with E-state index < -0.39 is 0 Å². The molecule has 2 rings (SSSR count). The molecule has 0 bridgehead atoms. The number of alkyl halides is 1. The fourth-order valence-electron chi connectivity index (χ4n) is 2.40. The van der Waals surface area contributed by atoms with Crippen LogP contribution in [0.4, 0.5) is 4.39 Å². The third-order valence-corrected chi connectivity index (χ3v) is 4.06. The second kappa shape index (κ2) is 6.03. The molecule has 0 amide bonds. The molecule has 1 nitrogen and oxygen atoms in total. The van der Waals surface area contributed by atoms with Gasteiger partial charge >= 0.3 is 0 Å². The summed E-state index contributed by atoms with van der Waals surface area (Å²) in [7, 11) is 0. The fourth-order valence-corrected chi connectivity index (χ4v) is 2.92. The van der Waals surface area contributed by atoms with Crippen LogP contribution in [0.3, 0.4) is 0 Å². The van der Waals surface area contributed by atoms with E-state index in [0.717, 1.165) is 6.42 Å². The third-order valence-electron chi connectivity index (χ3n) is 3.43. The Labute approximate surface area is 111 Å². The van der Waals surface area contributed by atoms with Crippen LogP contribution in [-0.4, -0.2) is 11.9 Å². The quantitative estimate of drug-likeness (QED) is 0.820. The zero-order valence-electron chi connectivity index (χ0n) is 9.56. The van der Waals surface area contributed by atoms with Crippen molar-refractivity contribution in [3.8, 4) is 0 Å². The summed E-state index contributed by atoms with van der Waals surface area (Å²) in [5, 5.41) is 3.83. The van der Waals surface area contributed by atoms with Gasteiger partial charge in [-0.05, 0) is 30.9 Å². The second-order valence-corrected chi connectivity index (χ2v) is 5.31. The van der Waals surface area contributed by atoms with Crippen molar-refractivity contribution in [1.29, 1.82) is 0 Å². The van der Waals surface area contributed by atoms with Crippen molar-refractivity contribution in [2.75, 3.05) is 5.88 Å². The molecule has 1 N–H and O–H groups in total. The summed E-state index contributed by atoms with van der Waals surface area (Å²) >= 11 is 11.6. The minimum Gasteiger partial charge on any atom is -0.309 e. The summed E-state index contributed by atoms with van der Waals surface area (Å²) in [5.74, 6) is 0.957. The summed E-state index contributed by atoms with van der Waals surface area (Å²) < 4.78 is 13.6. The van der Waals surface area contributed by atoms with E-state index in [1.807, 2.05) is 0 Å². The van der Waals surface area contributed by atoms with Crippen LogP contribution in [0.5, 0.6) is 0 Å². The zero-order valence-corrected chi connectivity index (χ0v) is 11.1. The molecule has 1 fully saturated rings. The monoisotopic (exact) mass is 275 g/mol. The Morgan fingerprint density at radius 2 is 2.18 bits per heavy atom. The van der Waals surface area contributed by atoms with E-state index in [1.165, 1.54) is 18.9 Å². The Morgan fingerprint density at radius 3 is 2.88 bits per heavy atom. The van der Waals surface area contributed by atoms with Gasteiger partial charge in [-0.1, -0.05) is 24.1 Å². The maximum atomic E-state index is 13.6. The SMILES string of the molecule is Fc1cc(Cl)ccc1CNC1CCCC1CCl. The molecule has 1 aromatic carbocycles. The average Bonchev–Trinajstić information content (AvgIpc) is 2.75. The predicted octanol–water partition coefficient (Wildman–Crippen LogP) is 3.98. The van der Waals surface area contributed by atoms with E-state index >= 15 is 0 Å². The lowest BCUT2D eigenvalue weighted by Crippen LogP contribution is -2.32. The Morgan fingerprint density at radius 1 is 1.35 bits per heavy atom. The number of hydrogen-bond donors (Lipinski definition) is 1. The Kier molecular flexibility index (Phi) is 4.66. The highest BCUT2D eigenvalue weighted by atomic mass is 35.5. The molecule has 1 saturated carbocycles. The fraction of sp³-hybridized carbons (Fsp3) is 0.538. The van der Waals surface area contributed by atoms with Gasteiger partial charge in [0.15, 0.2) is 0 Å². The maximum Gasteiger partial charge on any atom is 0.129 e. The van der Waals surface area contributed by atoms with Crippen molar-refractivity contribution in [3.63, 3.8) is 0 Å². The summed E-state index contributed by atoms with van der Waals surface area (Å²) in [6, 6.07) is 5.22. The van der Waals surface area contributed by atoms with Gasteiger partial charge in [0, 0.05) is 29.1 Å². The van der Waals surface area contributed by atoms with Crippen molar-refractivity contribution in [2.24, 2.45) is 5.92 Å². The van der Waals surface area contributed by atoms with Crippen LogP contribution < -0.4 is 5.32 Å². The summed E-state index contributed by atoms with van der Waals surface area (Å²) in [6.45, 7) is 0.543. The highest BCUT2D eigenvalue weighted by molar-refractivity contribution is 6.30. The van der Waals surface area contributed by atoms with Crippen molar-refractivity contribution in [2.45, 2.75) is 31.8 Å². The molecule has 2 unspecified atom stereocenters. The largest absolute Gasteiger partial charge is 0.309 e. The van der Waals surface area contributed by atoms with E-state index in [4.69, 9.17) is 23.2 Å². The first-order valence-corrected chi connectivity index (χ1v) is 6.85. The van der Waals surface area contributed by atoms with E-state index in [-0.39, 0.29) is 5.82 Å². The van der Waals surface area contributed by atoms with Crippen molar-refractivity contribution in [3.05, 3.63) is 34.6 Å². The van der Waals surface area contributed by atoms with Gasteiger partial charge in [-0.15, -0.1) is 11.6 Å². The molecule has 0 radical (unpaired) electrons. The smallest absolute Gasteiger partial charge is 0.129 e. The highest BCUT2D eigenvalue weighted by Crippen LogP contribution is 2.27. The third kappa shape index (κ3) is 3.34. The molecule has 4 heteroatoms. The number of nitrogens with one attached hydrogen (secondary N) is 1. The number of hydrogen-bond acceptors (Lipinski definition) is 1. The molecule has 17 heavy (non-hydrogen) atoms. The normalized spacial score (nSPS) is 24.2. The van der Waals surface area contributed by atoms with Crippen LogP contribution in [-0.2, 0) is 6.54 Å². The number of benzene rings is 1. The van der Waals surface area contributed by atoms with Crippen molar-refractivity contribution >= 4 is 23.2 Å². The Hall–Kier alpha value is -0.310. The molecule has 0 spiro atoms. The summed E-state index contributed by atoms with van der Waals surface area (Å²) in [6.07, 6.45) is 3.51. The van der Waals surface area contributed by atoms with Gasteiger partial charge in [0.2, 0.25) is 0 Å². The number of halogens is 3. The minimum absolute atomic E-state index is 0.245. The lowest BCUT2D eigenvalue weighted by atomic mass is 10.1. The van der Waals surface area contributed by atoms with E-state index in [0.29, 0.717) is 35.0 Å². The molecular formula is C13H16Cl2FN. The van der Waals surface area contributed by atoms with Gasteiger partial charge in [0.25, 0.3) is 0 Å². The van der Waals surface area contributed by atoms with Crippen molar-refractivity contribution < 1.29 is 4.39 Å². The lowest BCUT2D eigenvalue weighted by molar-refractivity contribution is 0.425. The molecule has 0 aromatic heterocycles. The first kappa shape index (κ1) is 13.1. The summed E-state index contributed by atoms with van der Waals surface area (Å²) in [4.78, 5) is 0. The van der Waals surface area contributed by atoms with Gasteiger partial charge in [-0.3, -0.25) is 0 Å². The zero-order chi connectivity index (χ0) is 12.3. The predicted molar refractivity (Wildman–Crippen MR) is 70.1 cm³/mol. The molecule has 94 valence electrons. The molecule has 0 heterocycles. The first-order valence-electron chi connectivity index (χ1n) is 5.94. The molecule has 1 aliphatic carbocycles. The van der Waals surface area contributed by atoms with Crippen LogP contribution in [0, 0.1) is 11.7 Å². The topological polar surface area (TPSA) is 12.0 Å². The molecular weight excluding hydrogens is 260 g/mol. The van der Waals surface area contributed by atoms with Gasteiger partial charge in [0.05, 0.1) is 0 Å². The molecule has 1 aromatic rings. The summed E-state index contributed by atoms with van der Waals surface area (Å²) in [5.41, 5.74) is 0.662. The lowest BCUT2D eigenvalue weighted by Gasteiger charge is -2.19. The van der Waals surface area contributed by atoms with E-state index in [2.05, 4.69) is 5.32 Å².